The van der Waals surface area contributed by atoms with Crippen molar-refractivity contribution in [3.8, 4) is 5.75 Å². The van der Waals surface area contributed by atoms with Crippen molar-refractivity contribution in [2.75, 3.05) is 44.2 Å². The summed E-state index contributed by atoms with van der Waals surface area (Å²) < 4.78 is 5.85. The zero-order valence-electron chi connectivity index (χ0n) is 15.5. The van der Waals surface area contributed by atoms with Crippen molar-refractivity contribution in [2.45, 2.75) is 19.8 Å². The van der Waals surface area contributed by atoms with Crippen LogP contribution in [0.25, 0.3) is 0 Å². The van der Waals surface area contributed by atoms with E-state index in [0.717, 1.165) is 57.9 Å². The number of aryl methyl sites for hydroxylation is 1. The van der Waals surface area contributed by atoms with Crippen LogP contribution in [-0.4, -0.2) is 44.2 Å². The summed E-state index contributed by atoms with van der Waals surface area (Å²) >= 11 is 0. The number of hydrogen-bond donors (Lipinski definition) is 0. The highest BCUT2D eigenvalue weighted by Gasteiger charge is 2.16. The standard InChI is InChI=1S/C21H28N2O.2ClH/c1-2-19-9-11-21(12-10-19)24-18-6-13-22-14-16-23(17-15-22)20-7-4-3-5-8-20;;/h3-5,7-12H,2,6,13-18H2,1H3;2*1H. The fourth-order valence-electron chi connectivity index (χ4n) is 3.17. The minimum Gasteiger partial charge on any atom is -0.494 e. The molecule has 2 aromatic carbocycles. The predicted octanol–water partition coefficient (Wildman–Crippen LogP) is 4.68. The fourth-order valence-corrected chi connectivity index (χ4v) is 3.17. The van der Waals surface area contributed by atoms with Crippen molar-refractivity contribution in [3.63, 3.8) is 0 Å². The van der Waals surface area contributed by atoms with Gasteiger partial charge in [0, 0.05) is 38.4 Å². The lowest BCUT2D eigenvalue weighted by molar-refractivity contribution is 0.224. The molecule has 0 radical (unpaired) electrons. The largest absolute Gasteiger partial charge is 0.494 e. The lowest BCUT2D eigenvalue weighted by atomic mass is 10.2. The molecule has 0 saturated carbocycles. The summed E-state index contributed by atoms with van der Waals surface area (Å²) in [5, 5.41) is 0. The van der Waals surface area contributed by atoms with Gasteiger partial charge < -0.3 is 9.64 Å². The summed E-state index contributed by atoms with van der Waals surface area (Å²) in [6.07, 6.45) is 2.16. The Hall–Kier alpha value is -1.42. The molecule has 0 unspecified atom stereocenters. The van der Waals surface area contributed by atoms with Crippen LogP contribution in [0.1, 0.15) is 18.9 Å². The first kappa shape index (κ1) is 22.6. The Morgan fingerprint density at radius 3 is 2.12 bits per heavy atom. The minimum atomic E-state index is 0. The number of anilines is 1. The van der Waals surface area contributed by atoms with Crippen molar-refractivity contribution in [1.82, 2.24) is 4.90 Å². The summed E-state index contributed by atoms with van der Waals surface area (Å²) in [5.41, 5.74) is 2.70. The normalized spacial score (nSPS) is 14.3. The minimum absolute atomic E-state index is 0. The van der Waals surface area contributed by atoms with Gasteiger partial charge in [-0.1, -0.05) is 37.3 Å². The number of piperazine rings is 1. The van der Waals surface area contributed by atoms with E-state index in [1.807, 2.05) is 0 Å². The quantitative estimate of drug-likeness (QED) is 0.631. The SMILES string of the molecule is CCc1ccc(OCCCN2CCN(c3ccccc3)CC2)cc1.Cl.Cl. The molecular formula is C21H30Cl2N2O. The highest BCUT2D eigenvalue weighted by Crippen LogP contribution is 2.16. The lowest BCUT2D eigenvalue weighted by Gasteiger charge is -2.36. The molecule has 1 heterocycles. The molecule has 3 nitrogen and oxygen atoms in total. The second kappa shape index (κ2) is 12.1. The third-order valence-electron chi connectivity index (χ3n) is 4.71. The first-order valence-corrected chi connectivity index (χ1v) is 9.09. The summed E-state index contributed by atoms with van der Waals surface area (Å²) in [6.45, 7) is 8.60. The van der Waals surface area contributed by atoms with E-state index in [0.29, 0.717) is 0 Å². The molecule has 26 heavy (non-hydrogen) atoms. The molecule has 0 bridgehead atoms. The Morgan fingerprint density at radius 2 is 1.50 bits per heavy atom. The molecule has 1 saturated heterocycles. The van der Waals surface area contributed by atoms with Gasteiger partial charge in [0.05, 0.1) is 6.61 Å². The van der Waals surface area contributed by atoms with Crippen LogP contribution in [0.4, 0.5) is 5.69 Å². The first-order valence-electron chi connectivity index (χ1n) is 9.09. The van der Waals surface area contributed by atoms with E-state index in [2.05, 4.69) is 71.3 Å². The highest BCUT2D eigenvalue weighted by molar-refractivity contribution is 5.85. The average Bonchev–Trinajstić information content (AvgIpc) is 2.67. The van der Waals surface area contributed by atoms with E-state index in [1.54, 1.807) is 0 Å². The molecule has 1 fully saturated rings. The molecule has 3 rings (SSSR count). The molecule has 0 N–H and O–H groups in total. The second-order valence-electron chi connectivity index (χ2n) is 6.36. The van der Waals surface area contributed by atoms with Crippen molar-refractivity contribution in [3.05, 3.63) is 60.2 Å². The Labute approximate surface area is 170 Å². The van der Waals surface area contributed by atoms with Gasteiger partial charge in [0.15, 0.2) is 0 Å². The van der Waals surface area contributed by atoms with E-state index in [-0.39, 0.29) is 24.8 Å². The van der Waals surface area contributed by atoms with Gasteiger partial charge in [-0.2, -0.15) is 0 Å². The molecule has 1 aliphatic heterocycles. The molecule has 0 aliphatic carbocycles. The second-order valence-corrected chi connectivity index (χ2v) is 6.36. The molecule has 144 valence electrons. The number of halogens is 2. The van der Waals surface area contributed by atoms with Crippen molar-refractivity contribution < 1.29 is 4.74 Å². The van der Waals surface area contributed by atoms with Crippen molar-refractivity contribution >= 4 is 30.5 Å². The lowest BCUT2D eigenvalue weighted by Crippen LogP contribution is -2.46. The molecule has 2 aromatic rings. The first-order chi connectivity index (χ1) is 11.8. The van der Waals surface area contributed by atoms with Gasteiger partial charge >= 0.3 is 0 Å². The van der Waals surface area contributed by atoms with Crippen LogP contribution < -0.4 is 9.64 Å². The Morgan fingerprint density at radius 1 is 0.846 bits per heavy atom. The highest BCUT2D eigenvalue weighted by atomic mass is 35.5. The molecule has 5 heteroatoms. The third kappa shape index (κ3) is 6.71. The van der Waals surface area contributed by atoms with Crippen LogP contribution in [0.5, 0.6) is 5.75 Å². The number of rotatable bonds is 7. The summed E-state index contributed by atoms with van der Waals surface area (Å²) in [5.74, 6) is 0.987. The van der Waals surface area contributed by atoms with Crippen molar-refractivity contribution in [2.24, 2.45) is 0 Å². The van der Waals surface area contributed by atoms with Crippen LogP contribution in [0, 0.1) is 0 Å². The maximum absolute atomic E-state index is 5.85. The Balaban J connectivity index is 0.00000169. The van der Waals surface area contributed by atoms with Gasteiger partial charge in [0.25, 0.3) is 0 Å². The molecular weight excluding hydrogens is 367 g/mol. The maximum Gasteiger partial charge on any atom is 0.119 e. The molecule has 1 aliphatic rings. The monoisotopic (exact) mass is 396 g/mol. The van der Waals surface area contributed by atoms with Gasteiger partial charge in [-0.25, -0.2) is 0 Å². The molecule has 0 atom stereocenters. The Kier molecular flexibility index (Phi) is 10.5. The predicted molar refractivity (Wildman–Crippen MR) is 116 cm³/mol. The molecule has 0 spiro atoms. The zero-order valence-corrected chi connectivity index (χ0v) is 17.1. The van der Waals surface area contributed by atoms with Gasteiger partial charge in [0.2, 0.25) is 0 Å². The molecule has 0 amide bonds. The van der Waals surface area contributed by atoms with E-state index in [1.165, 1.54) is 11.3 Å². The van der Waals surface area contributed by atoms with E-state index in [9.17, 15) is 0 Å². The van der Waals surface area contributed by atoms with Crippen LogP contribution in [-0.2, 0) is 6.42 Å². The molecule has 0 aromatic heterocycles. The van der Waals surface area contributed by atoms with Gasteiger partial charge in [-0.05, 0) is 42.7 Å². The summed E-state index contributed by atoms with van der Waals surface area (Å²) in [4.78, 5) is 5.02. The van der Waals surface area contributed by atoms with Crippen LogP contribution >= 0.6 is 24.8 Å². The summed E-state index contributed by atoms with van der Waals surface area (Å²) in [6, 6.07) is 19.2. The third-order valence-corrected chi connectivity index (χ3v) is 4.71. The number of benzene rings is 2. The van der Waals surface area contributed by atoms with Gasteiger partial charge in [0.1, 0.15) is 5.75 Å². The average molecular weight is 397 g/mol. The maximum atomic E-state index is 5.85. The fraction of sp³-hybridized carbons (Fsp3) is 0.429. The number of nitrogens with zero attached hydrogens (tertiary/aromatic N) is 2. The topological polar surface area (TPSA) is 15.7 Å². The van der Waals surface area contributed by atoms with Gasteiger partial charge in [-0.15, -0.1) is 24.8 Å². The van der Waals surface area contributed by atoms with Crippen LogP contribution in [0.15, 0.2) is 54.6 Å². The smallest absolute Gasteiger partial charge is 0.119 e. The Bertz CT molecular complexity index is 599. The van der Waals surface area contributed by atoms with E-state index in [4.69, 9.17) is 4.74 Å². The summed E-state index contributed by atoms with van der Waals surface area (Å²) in [7, 11) is 0. The van der Waals surface area contributed by atoms with E-state index >= 15 is 0 Å². The number of ether oxygens (including phenoxy) is 1. The zero-order chi connectivity index (χ0) is 16.6. The van der Waals surface area contributed by atoms with Crippen LogP contribution in [0.3, 0.4) is 0 Å². The van der Waals surface area contributed by atoms with Crippen molar-refractivity contribution in [1.29, 1.82) is 0 Å². The number of para-hydroxylation sites is 1. The van der Waals surface area contributed by atoms with E-state index < -0.39 is 0 Å². The van der Waals surface area contributed by atoms with Crippen LogP contribution in [0.2, 0.25) is 0 Å². The number of hydrogen-bond acceptors (Lipinski definition) is 3. The van der Waals surface area contributed by atoms with Gasteiger partial charge in [-0.3, -0.25) is 4.90 Å².